The Balaban J connectivity index is 2.50. The number of rotatable bonds is 12. The lowest BCUT2D eigenvalue weighted by Gasteiger charge is -2.17. The monoisotopic (exact) mass is 353 g/mol. The zero-order valence-corrected chi connectivity index (χ0v) is 16.1. The van der Waals surface area contributed by atoms with Crippen LogP contribution in [0.4, 0.5) is 0 Å². The zero-order chi connectivity index (χ0) is 18.7. The number of hydrogen-bond acceptors (Lipinski definition) is 6. The van der Waals surface area contributed by atoms with Gasteiger partial charge in [-0.3, -0.25) is 0 Å². The Kier molecular flexibility index (Phi) is 9.77. The average Bonchev–Trinajstić information content (AvgIpc) is 2.65. The summed E-state index contributed by atoms with van der Waals surface area (Å²) < 4.78 is 21.1. The first-order valence-corrected chi connectivity index (χ1v) is 8.80. The van der Waals surface area contributed by atoms with Gasteiger partial charge in [0, 0.05) is 0 Å². The second kappa shape index (κ2) is 11.6. The standard InChI is InChI=1S/C19H31NO5/c1-6-20(7-2)11-9-8-10-12-25-19(21)15-13-16(22-3)18(24-5)17(14-15)23-4/h13-14H,6-12H2,1-5H3. The van der Waals surface area contributed by atoms with E-state index in [0.717, 1.165) is 38.9 Å². The molecule has 0 N–H and O–H groups in total. The van der Waals surface area contributed by atoms with Gasteiger partial charge in [-0.1, -0.05) is 13.8 Å². The lowest BCUT2D eigenvalue weighted by molar-refractivity contribution is 0.0496. The molecule has 0 unspecified atom stereocenters. The Morgan fingerprint density at radius 3 is 2.00 bits per heavy atom. The van der Waals surface area contributed by atoms with Crippen LogP contribution in [0.2, 0.25) is 0 Å². The number of nitrogens with zero attached hydrogens (tertiary/aromatic N) is 1. The van der Waals surface area contributed by atoms with Crippen molar-refractivity contribution >= 4 is 5.97 Å². The first-order valence-electron chi connectivity index (χ1n) is 8.80. The summed E-state index contributed by atoms with van der Waals surface area (Å²) in [6, 6.07) is 3.20. The summed E-state index contributed by atoms with van der Waals surface area (Å²) in [5.41, 5.74) is 0.387. The van der Waals surface area contributed by atoms with Crippen molar-refractivity contribution in [3.05, 3.63) is 17.7 Å². The third-order valence-corrected chi connectivity index (χ3v) is 4.15. The minimum Gasteiger partial charge on any atom is -0.493 e. The number of methoxy groups -OCH3 is 3. The highest BCUT2D eigenvalue weighted by Gasteiger charge is 2.17. The molecule has 0 aromatic heterocycles. The van der Waals surface area contributed by atoms with E-state index in [4.69, 9.17) is 18.9 Å². The molecular weight excluding hydrogens is 322 g/mol. The van der Waals surface area contributed by atoms with Gasteiger partial charge < -0.3 is 23.8 Å². The highest BCUT2D eigenvalue weighted by atomic mass is 16.5. The van der Waals surface area contributed by atoms with Crippen molar-refractivity contribution in [2.24, 2.45) is 0 Å². The maximum atomic E-state index is 12.2. The number of carbonyl (C=O) groups is 1. The maximum Gasteiger partial charge on any atom is 0.338 e. The van der Waals surface area contributed by atoms with Crippen molar-refractivity contribution in [2.45, 2.75) is 33.1 Å². The van der Waals surface area contributed by atoms with Crippen molar-refractivity contribution in [3.8, 4) is 17.2 Å². The van der Waals surface area contributed by atoms with Gasteiger partial charge in [0.25, 0.3) is 0 Å². The topological polar surface area (TPSA) is 57.2 Å². The van der Waals surface area contributed by atoms with E-state index in [1.807, 2.05) is 0 Å². The third-order valence-electron chi connectivity index (χ3n) is 4.15. The van der Waals surface area contributed by atoms with E-state index in [2.05, 4.69) is 18.7 Å². The van der Waals surface area contributed by atoms with Crippen LogP contribution in [-0.4, -0.2) is 58.4 Å². The van der Waals surface area contributed by atoms with Gasteiger partial charge in [0.05, 0.1) is 33.5 Å². The molecule has 0 aliphatic carbocycles. The molecule has 0 aliphatic rings. The fraction of sp³-hybridized carbons (Fsp3) is 0.632. The fourth-order valence-electron chi connectivity index (χ4n) is 2.60. The van der Waals surface area contributed by atoms with E-state index in [0.29, 0.717) is 29.4 Å². The molecule has 0 fully saturated rings. The van der Waals surface area contributed by atoms with Crippen molar-refractivity contribution in [2.75, 3.05) is 47.6 Å². The van der Waals surface area contributed by atoms with E-state index in [9.17, 15) is 4.79 Å². The van der Waals surface area contributed by atoms with E-state index in [-0.39, 0.29) is 5.97 Å². The molecule has 0 bridgehead atoms. The van der Waals surface area contributed by atoms with Gasteiger partial charge in [-0.05, 0) is 51.0 Å². The van der Waals surface area contributed by atoms with Gasteiger partial charge in [0.15, 0.2) is 11.5 Å². The Morgan fingerprint density at radius 1 is 0.920 bits per heavy atom. The highest BCUT2D eigenvalue weighted by molar-refractivity contribution is 5.91. The Labute approximate surface area is 151 Å². The van der Waals surface area contributed by atoms with E-state index in [1.165, 1.54) is 21.3 Å². The quantitative estimate of drug-likeness (QED) is 0.424. The first kappa shape index (κ1) is 21.1. The van der Waals surface area contributed by atoms with Crippen LogP contribution in [0.25, 0.3) is 0 Å². The Morgan fingerprint density at radius 2 is 1.52 bits per heavy atom. The van der Waals surface area contributed by atoms with Gasteiger partial charge in [-0.15, -0.1) is 0 Å². The molecule has 0 amide bonds. The normalized spacial score (nSPS) is 10.6. The smallest absolute Gasteiger partial charge is 0.338 e. The molecule has 6 heteroatoms. The minimum absolute atomic E-state index is 0.386. The summed E-state index contributed by atoms with van der Waals surface area (Å²) in [7, 11) is 4.56. The maximum absolute atomic E-state index is 12.2. The molecule has 0 heterocycles. The summed E-state index contributed by atoms with van der Waals surface area (Å²) in [5, 5.41) is 0. The molecular formula is C19H31NO5. The van der Waals surface area contributed by atoms with Crippen molar-refractivity contribution in [3.63, 3.8) is 0 Å². The summed E-state index contributed by atoms with van der Waals surface area (Å²) in [5.74, 6) is 0.946. The van der Waals surface area contributed by atoms with Crippen molar-refractivity contribution in [1.82, 2.24) is 4.90 Å². The first-order chi connectivity index (χ1) is 12.1. The SMILES string of the molecule is CCN(CC)CCCCCOC(=O)c1cc(OC)c(OC)c(OC)c1. The van der Waals surface area contributed by atoms with Crippen LogP contribution < -0.4 is 14.2 Å². The number of hydrogen-bond donors (Lipinski definition) is 0. The van der Waals surface area contributed by atoms with Crippen LogP contribution in [0.1, 0.15) is 43.5 Å². The molecule has 0 saturated carbocycles. The third kappa shape index (κ3) is 6.46. The van der Waals surface area contributed by atoms with Gasteiger partial charge in [-0.2, -0.15) is 0 Å². The van der Waals surface area contributed by atoms with Crippen LogP contribution in [0.3, 0.4) is 0 Å². The summed E-state index contributed by atoms with van der Waals surface area (Å²) in [6.07, 6.45) is 3.01. The van der Waals surface area contributed by atoms with Gasteiger partial charge in [-0.25, -0.2) is 4.79 Å². The average molecular weight is 353 g/mol. The lowest BCUT2D eigenvalue weighted by Crippen LogP contribution is -2.23. The fourth-order valence-corrected chi connectivity index (χ4v) is 2.60. The van der Waals surface area contributed by atoms with Crippen molar-refractivity contribution in [1.29, 1.82) is 0 Å². The number of unbranched alkanes of at least 4 members (excludes halogenated alkanes) is 2. The number of carbonyl (C=O) groups excluding carboxylic acids is 1. The predicted molar refractivity (Wildman–Crippen MR) is 98.0 cm³/mol. The molecule has 1 aromatic rings. The Bertz CT molecular complexity index is 504. The minimum atomic E-state index is -0.386. The summed E-state index contributed by atoms with van der Waals surface area (Å²) in [4.78, 5) is 14.6. The van der Waals surface area contributed by atoms with Crippen LogP contribution in [-0.2, 0) is 4.74 Å². The molecule has 6 nitrogen and oxygen atoms in total. The molecule has 1 aromatic carbocycles. The van der Waals surface area contributed by atoms with Crippen LogP contribution in [0.15, 0.2) is 12.1 Å². The number of benzene rings is 1. The molecule has 1 rings (SSSR count). The molecule has 0 radical (unpaired) electrons. The number of esters is 1. The number of ether oxygens (including phenoxy) is 4. The van der Waals surface area contributed by atoms with E-state index >= 15 is 0 Å². The summed E-state index contributed by atoms with van der Waals surface area (Å²) in [6.45, 7) is 7.99. The van der Waals surface area contributed by atoms with Gasteiger partial charge in [0.1, 0.15) is 0 Å². The van der Waals surface area contributed by atoms with Crippen LogP contribution in [0.5, 0.6) is 17.2 Å². The molecule has 0 saturated heterocycles. The van der Waals surface area contributed by atoms with Crippen molar-refractivity contribution < 1.29 is 23.7 Å². The molecule has 0 aliphatic heterocycles. The zero-order valence-electron chi connectivity index (χ0n) is 16.1. The van der Waals surface area contributed by atoms with Crippen LogP contribution >= 0.6 is 0 Å². The highest BCUT2D eigenvalue weighted by Crippen LogP contribution is 2.38. The van der Waals surface area contributed by atoms with Gasteiger partial charge >= 0.3 is 5.97 Å². The van der Waals surface area contributed by atoms with Crippen LogP contribution in [0, 0.1) is 0 Å². The largest absolute Gasteiger partial charge is 0.493 e. The van der Waals surface area contributed by atoms with Gasteiger partial charge in [0.2, 0.25) is 5.75 Å². The summed E-state index contributed by atoms with van der Waals surface area (Å²) >= 11 is 0. The predicted octanol–water partition coefficient (Wildman–Crippen LogP) is 3.38. The molecule has 25 heavy (non-hydrogen) atoms. The molecule has 142 valence electrons. The second-order valence-electron chi connectivity index (χ2n) is 5.64. The second-order valence-corrected chi connectivity index (χ2v) is 5.64. The van der Waals surface area contributed by atoms with E-state index in [1.54, 1.807) is 12.1 Å². The van der Waals surface area contributed by atoms with E-state index < -0.39 is 0 Å². The Hall–Kier alpha value is -1.95. The molecule has 0 spiro atoms. The molecule has 0 atom stereocenters. The lowest BCUT2D eigenvalue weighted by atomic mass is 10.2.